The molecule has 5 heteroatoms. The van der Waals surface area contributed by atoms with Crippen LogP contribution in [0, 0.1) is 0 Å². The lowest BCUT2D eigenvalue weighted by atomic mass is 9.97. The molecular formula is C16H18BrNO2S. The highest BCUT2D eigenvalue weighted by molar-refractivity contribution is 9.10. The fourth-order valence-corrected chi connectivity index (χ4v) is 4.19. The van der Waals surface area contributed by atoms with Gasteiger partial charge in [0.15, 0.2) is 0 Å². The molecule has 0 saturated heterocycles. The van der Waals surface area contributed by atoms with Crippen LogP contribution in [0.25, 0.3) is 0 Å². The predicted molar refractivity (Wildman–Crippen MR) is 90.1 cm³/mol. The van der Waals surface area contributed by atoms with Gasteiger partial charge < -0.3 is 0 Å². The first-order valence-electron chi connectivity index (χ1n) is 6.82. The largest absolute Gasteiger partial charge is 0.279 e. The van der Waals surface area contributed by atoms with E-state index in [1.165, 1.54) is 0 Å². The Hall–Kier alpha value is -1.33. The maximum absolute atomic E-state index is 12.5. The van der Waals surface area contributed by atoms with E-state index in [1.54, 1.807) is 30.3 Å². The van der Waals surface area contributed by atoms with Crippen LogP contribution in [0.4, 0.5) is 5.69 Å². The van der Waals surface area contributed by atoms with E-state index in [0.29, 0.717) is 16.1 Å². The number of rotatable bonds is 5. The van der Waals surface area contributed by atoms with Gasteiger partial charge in [0, 0.05) is 4.47 Å². The first-order valence-corrected chi connectivity index (χ1v) is 9.09. The minimum atomic E-state index is -3.61. The highest BCUT2D eigenvalue weighted by Gasteiger charge is 2.19. The molecule has 0 aliphatic heterocycles. The van der Waals surface area contributed by atoms with E-state index in [4.69, 9.17) is 0 Å². The zero-order valence-electron chi connectivity index (χ0n) is 12.0. The molecule has 2 aromatic rings. The summed E-state index contributed by atoms with van der Waals surface area (Å²) in [7, 11) is -3.61. The number of hydrogen-bond donors (Lipinski definition) is 1. The summed E-state index contributed by atoms with van der Waals surface area (Å²) in [5, 5.41) is 0. The molecule has 0 fully saturated rings. The number of sulfonamides is 1. The van der Waals surface area contributed by atoms with Crippen molar-refractivity contribution in [3.8, 4) is 0 Å². The van der Waals surface area contributed by atoms with Crippen LogP contribution in [0.5, 0.6) is 0 Å². The van der Waals surface area contributed by atoms with Gasteiger partial charge in [-0.2, -0.15) is 0 Å². The summed E-state index contributed by atoms with van der Waals surface area (Å²) in [6.45, 7) is 4.18. The zero-order valence-corrected chi connectivity index (χ0v) is 14.4. The normalized spacial score (nSPS) is 12.9. The lowest BCUT2D eigenvalue weighted by molar-refractivity contribution is 0.600. The van der Waals surface area contributed by atoms with E-state index in [1.807, 2.05) is 18.2 Å². The molecule has 0 amide bonds. The zero-order chi connectivity index (χ0) is 15.5. The van der Waals surface area contributed by atoms with Crippen LogP contribution in [0.3, 0.4) is 0 Å². The second kappa shape index (κ2) is 6.62. The Balaban J connectivity index is 2.41. The SMILES string of the molecule is CC[C@H](C)c1ccccc1NS(=O)(=O)c1ccccc1Br. The maximum Gasteiger partial charge on any atom is 0.263 e. The molecule has 2 aromatic carbocycles. The van der Waals surface area contributed by atoms with Crippen LogP contribution in [0.2, 0.25) is 0 Å². The average Bonchev–Trinajstić information content (AvgIpc) is 2.47. The van der Waals surface area contributed by atoms with Crippen molar-refractivity contribution in [2.24, 2.45) is 0 Å². The van der Waals surface area contributed by atoms with Crippen LogP contribution < -0.4 is 4.72 Å². The van der Waals surface area contributed by atoms with Gasteiger partial charge in [-0.3, -0.25) is 4.72 Å². The summed E-state index contributed by atoms with van der Waals surface area (Å²) in [6.07, 6.45) is 0.952. The molecule has 2 rings (SSSR count). The number of para-hydroxylation sites is 1. The molecule has 21 heavy (non-hydrogen) atoms. The van der Waals surface area contributed by atoms with Gasteiger partial charge in [-0.15, -0.1) is 0 Å². The van der Waals surface area contributed by atoms with E-state index in [-0.39, 0.29) is 4.90 Å². The fourth-order valence-electron chi connectivity index (χ4n) is 2.10. The Kier molecular flexibility index (Phi) is 5.06. The predicted octanol–water partition coefficient (Wildman–Crippen LogP) is 4.76. The number of benzene rings is 2. The van der Waals surface area contributed by atoms with Gasteiger partial charge >= 0.3 is 0 Å². The van der Waals surface area contributed by atoms with Gasteiger partial charge in [-0.05, 0) is 52.0 Å². The van der Waals surface area contributed by atoms with Crippen LogP contribution in [-0.2, 0) is 10.0 Å². The molecule has 1 atom stereocenters. The third-order valence-electron chi connectivity index (χ3n) is 3.47. The molecule has 0 unspecified atom stereocenters. The lowest BCUT2D eigenvalue weighted by Gasteiger charge is -2.17. The van der Waals surface area contributed by atoms with Crippen molar-refractivity contribution in [2.75, 3.05) is 4.72 Å². The van der Waals surface area contributed by atoms with Gasteiger partial charge in [-0.1, -0.05) is 44.2 Å². The van der Waals surface area contributed by atoms with Crippen molar-refractivity contribution in [3.05, 3.63) is 58.6 Å². The summed E-state index contributed by atoms with van der Waals surface area (Å²) in [5.74, 6) is 0.295. The summed E-state index contributed by atoms with van der Waals surface area (Å²) in [5.41, 5.74) is 1.65. The van der Waals surface area contributed by atoms with E-state index in [2.05, 4.69) is 34.5 Å². The molecule has 112 valence electrons. The summed E-state index contributed by atoms with van der Waals surface area (Å²) in [4.78, 5) is 0.240. The Bertz CT molecular complexity index is 729. The topological polar surface area (TPSA) is 46.2 Å². The Morgan fingerprint density at radius 1 is 1.10 bits per heavy atom. The van der Waals surface area contributed by atoms with Crippen molar-refractivity contribution in [1.82, 2.24) is 0 Å². The second-order valence-electron chi connectivity index (χ2n) is 4.93. The van der Waals surface area contributed by atoms with Crippen LogP contribution in [0.15, 0.2) is 57.9 Å². The second-order valence-corrected chi connectivity index (χ2v) is 7.44. The molecule has 0 radical (unpaired) electrons. The van der Waals surface area contributed by atoms with Crippen molar-refractivity contribution in [2.45, 2.75) is 31.1 Å². The van der Waals surface area contributed by atoms with Gasteiger partial charge in [0.05, 0.1) is 5.69 Å². The van der Waals surface area contributed by atoms with Crippen LogP contribution in [-0.4, -0.2) is 8.42 Å². The van der Waals surface area contributed by atoms with E-state index >= 15 is 0 Å². The van der Waals surface area contributed by atoms with Crippen molar-refractivity contribution in [1.29, 1.82) is 0 Å². The highest BCUT2D eigenvalue weighted by Crippen LogP contribution is 2.29. The molecule has 0 aromatic heterocycles. The monoisotopic (exact) mass is 367 g/mol. The molecule has 3 nitrogen and oxygen atoms in total. The smallest absolute Gasteiger partial charge is 0.263 e. The van der Waals surface area contributed by atoms with Crippen LogP contribution in [0.1, 0.15) is 31.7 Å². The van der Waals surface area contributed by atoms with E-state index < -0.39 is 10.0 Å². The first-order chi connectivity index (χ1) is 9.95. The van der Waals surface area contributed by atoms with Gasteiger partial charge in [0.2, 0.25) is 0 Å². The lowest BCUT2D eigenvalue weighted by Crippen LogP contribution is -2.15. The molecule has 0 aliphatic carbocycles. The molecule has 0 aliphatic rings. The number of hydrogen-bond acceptors (Lipinski definition) is 2. The Morgan fingerprint density at radius 3 is 2.38 bits per heavy atom. The highest BCUT2D eigenvalue weighted by atomic mass is 79.9. The quantitative estimate of drug-likeness (QED) is 0.827. The summed E-state index contributed by atoms with van der Waals surface area (Å²) < 4.78 is 28.3. The minimum Gasteiger partial charge on any atom is -0.279 e. The van der Waals surface area contributed by atoms with Crippen molar-refractivity contribution >= 4 is 31.6 Å². The molecule has 0 bridgehead atoms. The maximum atomic E-state index is 12.5. The summed E-state index contributed by atoms with van der Waals surface area (Å²) in [6, 6.07) is 14.3. The summed E-state index contributed by atoms with van der Waals surface area (Å²) >= 11 is 3.29. The minimum absolute atomic E-state index is 0.240. The molecule has 0 heterocycles. The third kappa shape index (κ3) is 3.66. The molecular weight excluding hydrogens is 350 g/mol. The van der Waals surface area contributed by atoms with Gasteiger partial charge in [-0.25, -0.2) is 8.42 Å². The molecule has 0 saturated carbocycles. The Labute approximate surface area is 134 Å². The van der Waals surface area contributed by atoms with Gasteiger partial charge in [0.1, 0.15) is 4.90 Å². The average molecular weight is 368 g/mol. The number of anilines is 1. The number of nitrogens with one attached hydrogen (secondary N) is 1. The Morgan fingerprint density at radius 2 is 1.71 bits per heavy atom. The van der Waals surface area contributed by atoms with Crippen molar-refractivity contribution in [3.63, 3.8) is 0 Å². The van der Waals surface area contributed by atoms with Gasteiger partial charge in [0.25, 0.3) is 10.0 Å². The molecule has 0 spiro atoms. The molecule has 1 N–H and O–H groups in total. The standard InChI is InChI=1S/C16H18BrNO2S/c1-3-12(2)13-8-4-6-10-15(13)18-21(19,20)16-11-7-5-9-14(16)17/h4-12,18H,3H2,1-2H3/t12-/m0/s1. The fraction of sp³-hybridized carbons (Fsp3) is 0.250. The third-order valence-corrected chi connectivity index (χ3v) is 5.85. The first kappa shape index (κ1) is 16.0. The van der Waals surface area contributed by atoms with Crippen LogP contribution >= 0.6 is 15.9 Å². The van der Waals surface area contributed by atoms with E-state index in [0.717, 1.165) is 12.0 Å². The van der Waals surface area contributed by atoms with Crippen molar-refractivity contribution < 1.29 is 8.42 Å². The number of halogens is 1. The van der Waals surface area contributed by atoms with E-state index in [9.17, 15) is 8.42 Å².